The highest BCUT2D eigenvalue weighted by Crippen LogP contribution is 2.18. The van der Waals surface area contributed by atoms with E-state index >= 15 is 0 Å². The molecule has 0 spiro atoms. The first-order valence-corrected chi connectivity index (χ1v) is 7.69. The summed E-state index contributed by atoms with van der Waals surface area (Å²) in [6.07, 6.45) is 6.30. The molecule has 100 valence electrons. The molecule has 1 saturated heterocycles. The van der Waals surface area contributed by atoms with Crippen molar-refractivity contribution in [3.8, 4) is 0 Å². The molecule has 1 aliphatic rings. The zero-order chi connectivity index (χ0) is 13.0. The Morgan fingerprint density at radius 3 is 2.44 bits per heavy atom. The quantitative estimate of drug-likeness (QED) is 0.842. The lowest BCUT2D eigenvalue weighted by molar-refractivity contribution is -0.131. The summed E-state index contributed by atoms with van der Waals surface area (Å²) in [5.41, 5.74) is 1.11. The van der Waals surface area contributed by atoms with E-state index in [9.17, 15) is 4.79 Å². The third kappa shape index (κ3) is 3.55. The van der Waals surface area contributed by atoms with Crippen LogP contribution in [0.5, 0.6) is 0 Å². The Hall–Kier alpha value is -0.900. The molecular weight excluding hydrogens is 244 g/mol. The van der Waals surface area contributed by atoms with Crippen LogP contribution in [0.2, 0.25) is 0 Å². The molecule has 0 N–H and O–H groups in total. The highest BCUT2D eigenvalue weighted by Gasteiger charge is 2.16. The van der Waals surface area contributed by atoms with Crippen molar-refractivity contribution >= 4 is 17.2 Å². The molecule has 2 rings (SSSR count). The average molecular weight is 266 g/mol. The van der Waals surface area contributed by atoms with Crippen LogP contribution in [0.1, 0.15) is 47.7 Å². The van der Waals surface area contributed by atoms with Gasteiger partial charge in [-0.3, -0.25) is 4.79 Å². The highest BCUT2D eigenvalue weighted by atomic mass is 32.1. The summed E-state index contributed by atoms with van der Waals surface area (Å²) in [6.45, 7) is 6.03. The first-order valence-electron chi connectivity index (χ1n) is 6.87. The van der Waals surface area contributed by atoms with Crippen LogP contribution in [-0.2, 0) is 11.2 Å². The van der Waals surface area contributed by atoms with Crippen LogP contribution in [0, 0.1) is 13.8 Å². The fourth-order valence-electron chi connectivity index (χ4n) is 2.34. The summed E-state index contributed by atoms with van der Waals surface area (Å²) in [6, 6.07) is 0. The first kappa shape index (κ1) is 13.5. The molecule has 0 aromatic carbocycles. The number of amides is 1. The number of carbonyl (C=O) groups excluding carboxylic acids is 1. The third-order valence-corrected chi connectivity index (χ3v) is 4.72. The third-order valence-electron chi connectivity index (χ3n) is 3.58. The van der Waals surface area contributed by atoms with Gasteiger partial charge in [-0.1, -0.05) is 12.8 Å². The molecule has 0 saturated carbocycles. The Morgan fingerprint density at radius 2 is 1.89 bits per heavy atom. The van der Waals surface area contributed by atoms with Gasteiger partial charge in [0.1, 0.15) is 0 Å². The molecule has 3 nitrogen and oxygen atoms in total. The zero-order valence-corrected chi connectivity index (χ0v) is 12.2. The van der Waals surface area contributed by atoms with Crippen molar-refractivity contribution in [2.24, 2.45) is 0 Å². The predicted octanol–water partition coefficient (Wildman–Crippen LogP) is 3.10. The van der Waals surface area contributed by atoms with Crippen LogP contribution in [-0.4, -0.2) is 28.9 Å². The van der Waals surface area contributed by atoms with E-state index in [0.717, 1.165) is 30.2 Å². The Labute approximate surface area is 113 Å². The number of aromatic nitrogens is 1. The summed E-state index contributed by atoms with van der Waals surface area (Å²) in [5, 5.41) is 1.10. The molecule has 2 heterocycles. The molecule has 1 aliphatic heterocycles. The van der Waals surface area contributed by atoms with E-state index < -0.39 is 0 Å². The molecule has 0 bridgehead atoms. The van der Waals surface area contributed by atoms with Gasteiger partial charge in [0.15, 0.2) is 0 Å². The molecule has 1 aromatic rings. The molecule has 4 heteroatoms. The van der Waals surface area contributed by atoms with Crippen LogP contribution in [0.15, 0.2) is 0 Å². The molecular formula is C14H22N2OS. The van der Waals surface area contributed by atoms with Gasteiger partial charge in [-0.15, -0.1) is 11.3 Å². The maximum atomic E-state index is 12.1. The van der Waals surface area contributed by atoms with Gasteiger partial charge in [-0.2, -0.15) is 0 Å². The maximum Gasteiger partial charge on any atom is 0.222 e. The SMILES string of the molecule is Cc1nc(CCC(=O)N2CCCCCC2)sc1C. The topological polar surface area (TPSA) is 33.2 Å². The van der Waals surface area contributed by atoms with Crippen LogP contribution in [0.25, 0.3) is 0 Å². The van der Waals surface area contributed by atoms with Crippen LogP contribution in [0.3, 0.4) is 0 Å². The van der Waals surface area contributed by atoms with E-state index in [0.29, 0.717) is 12.3 Å². The number of rotatable bonds is 3. The van der Waals surface area contributed by atoms with E-state index in [1.165, 1.54) is 30.6 Å². The fourth-order valence-corrected chi connectivity index (χ4v) is 3.27. The zero-order valence-electron chi connectivity index (χ0n) is 11.4. The van der Waals surface area contributed by atoms with E-state index in [1.807, 2.05) is 11.8 Å². The predicted molar refractivity (Wildman–Crippen MR) is 75.0 cm³/mol. The van der Waals surface area contributed by atoms with Gasteiger partial charge in [0, 0.05) is 30.8 Å². The smallest absolute Gasteiger partial charge is 0.222 e. The summed E-state index contributed by atoms with van der Waals surface area (Å²) in [7, 11) is 0. The minimum Gasteiger partial charge on any atom is -0.343 e. The van der Waals surface area contributed by atoms with Crippen molar-refractivity contribution in [3.05, 3.63) is 15.6 Å². The summed E-state index contributed by atoms with van der Waals surface area (Å²) in [5.74, 6) is 0.308. The summed E-state index contributed by atoms with van der Waals surface area (Å²) < 4.78 is 0. The van der Waals surface area contributed by atoms with Crippen molar-refractivity contribution < 1.29 is 4.79 Å². The average Bonchev–Trinajstić information content (AvgIpc) is 2.60. The molecule has 0 radical (unpaired) electrons. The van der Waals surface area contributed by atoms with E-state index in [2.05, 4.69) is 11.9 Å². The molecule has 0 aliphatic carbocycles. The molecule has 18 heavy (non-hydrogen) atoms. The number of carbonyl (C=O) groups is 1. The van der Waals surface area contributed by atoms with E-state index in [4.69, 9.17) is 0 Å². The lowest BCUT2D eigenvalue weighted by Gasteiger charge is -2.19. The number of hydrogen-bond acceptors (Lipinski definition) is 3. The van der Waals surface area contributed by atoms with Crippen molar-refractivity contribution in [1.82, 2.24) is 9.88 Å². The Balaban J connectivity index is 1.83. The second-order valence-corrected chi connectivity index (χ2v) is 6.33. The lowest BCUT2D eigenvalue weighted by Crippen LogP contribution is -2.31. The van der Waals surface area contributed by atoms with Gasteiger partial charge < -0.3 is 4.90 Å². The van der Waals surface area contributed by atoms with Crippen molar-refractivity contribution in [2.45, 2.75) is 52.4 Å². The monoisotopic (exact) mass is 266 g/mol. The number of thiazole rings is 1. The van der Waals surface area contributed by atoms with Crippen LogP contribution in [0.4, 0.5) is 0 Å². The molecule has 0 unspecified atom stereocenters. The molecule has 1 amide bonds. The number of aryl methyl sites for hydroxylation is 3. The Bertz CT molecular complexity index is 386. The van der Waals surface area contributed by atoms with Gasteiger partial charge in [0.2, 0.25) is 5.91 Å². The van der Waals surface area contributed by atoms with Gasteiger partial charge in [-0.05, 0) is 26.7 Å². The van der Waals surface area contributed by atoms with E-state index in [-0.39, 0.29) is 0 Å². The Kier molecular flexibility index (Phi) is 4.75. The van der Waals surface area contributed by atoms with Crippen LogP contribution >= 0.6 is 11.3 Å². The number of nitrogens with zero attached hydrogens (tertiary/aromatic N) is 2. The summed E-state index contributed by atoms with van der Waals surface area (Å²) >= 11 is 1.73. The Morgan fingerprint density at radius 1 is 1.22 bits per heavy atom. The van der Waals surface area contributed by atoms with Gasteiger partial charge in [-0.25, -0.2) is 4.98 Å². The second kappa shape index (κ2) is 6.32. The van der Waals surface area contributed by atoms with E-state index in [1.54, 1.807) is 11.3 Å². The van der Waals surface area contributed by atoms with Crippen molar-refractivity contribution in [1.29, 1.82) is 0 Å². The summed E-state index contributed by atoms with van der Waals surface area (Å²) in [4.78, 5) is 19.9. The maximum absolute atomic E-state index is 12.1. The normalized spacial score (nSPS) is 16.7. The lowest BCUT2D eigenvalue weighted by atomic mass is 10.2. The largest absolute Gasteiger partial charge is 0.343 e. The van der Waals surface area contributed by atoms with Crippen molar-refractivity contribution in [3.63, 3.8) is 0 Å². The molecule has 1 fully saturated rings. The van der Waals surface area contributed by atoms with Gasteiger partial charge in [0.25, 0.3) is 0 Å². The molecule has 1 aromatic heterocycles. The second-order valence-electron chi connectivity index (χ2n) is 5.04. The van der Waals surface area contributed by atoms with Crippen molar-refractivity contribution in [2.75, 3.05) is 13.1 Å². The standard InChI is InChI=1S/C14H22N2OS/c1-11-12(2)18-13(15-11)7-8-14(17)16-9-5-3-4-6-10-16/h3-10H2,1-2H3. The minimum atomic E-state index is 0.308. The highest BCUT2D eigenvalue weighted by molar-refractivity contribution is 7.11. The van der Waals surface area contributed by atoms with Gasteiger partial charge >= 0.3 is 0 Å². The fraction of sp³-hybridized carbons (Fsp3) is 0.714. The van der Waals surface area contributed by atoms with Gasteiger partial charge in [0.05, 0.1) is 10.7 Å². The molecule has 0 atom stereocenters. The first-order chi connectivity index (χ1) is 8.66. The number of hydrogen-bond donors (Lipinski definition) is 0. The number of likely N-dealkylation sites (tertiary alicyclic amines) is 1. The minimum absolute atomic E-state index is 0.308. The van der Waals surface area contributed by atoms with Crippen LogP contribution < -0.4 is 0 Å².